The maximum absolute atomic E-state index is 12.8. The summed E-state index contributed by atoms with van der Waals surface area (Å²) in [6.07, 6.45) is 7.33. The van der Waals surface area contributed by atoms with Crippen LogP contribution >= 0.6 is 0 Å². The van der Waals surface area contributed by atoms with Crippen LogP contribution < -0.4 is 0 Å². The van der Waals surface area contributed by atoms with Crippen molar-refractivity contribution < 1.29 is 24.5 Å². The predicted octanol–water partition coefficient (Wildman–Crippen LogP) is 6.63. The molecule has 2 N–H and O–H groups in total. The van der Waals surface area contributed by atoms with Crippen LogP contribution in [0.3, 0.4) is 0 Å². The van der Waals surface area contributed by atoms with Crippen molar-refractivity contribution in [2.45, 2.75) is 118 Å². The zero-order chi connectivity index (χ0) is 27.3. The van der Waals surface area contributed by atoms with Crippen LogP contribution in [-0.2, 0) is 14.3 Å². The molecule has 5 saturated carbocycles. The van der Waals surface area contributed by atoms with Crippen LogP contribution in [0, 0.1) is 56.7 Å². The second-order valence-electron chi connectivity index (χ2n) is 15.3. The van der Waals surface area contributed by atoms with E-state index >= 15 is 0 Å². The van der Waals surface area contributed by atoms with Crippen molar-refractivity contribution in [3.8, 4) is 0 Å². The van der Waals surface area contributed by atoms with Gasteiger partial charge in [0.2, 0.25) is 0 Å². The summed E-state index contributed by atoms with van der Waals surface area (Å²) in [6.45, 7) is 19.7. The molecular formula is C32H50O5. The van der Waals surface area contributed by atoms with Crippen LogP contribution in [-0.4, -0.2) is 34.4 Å². The highest BCUT2D eigenvalue weighted by molar-refractivity contribution is 5.76. The number of aliphatic carboxylic acids is 1. The summed E-state index contributed by atoms with van der Waals surface area (Å²) in [7, 11) is 0. The quantitative estimate of drug-likeness (QED) is 0.326. The number of esters is 1. The Morgan fingerprint density at radius 1 is 0.865 bits per heavy atom. The number of carboxylic acid groups (broad SMARTS) is 1. The van der Waals surface area contributed by atoms with Crippen molar-refractivity contribution in [1.29, 1.82) is 0 Å². The maximum atomic E-state index is 12.8. The van der Waals surface area contributed by atoms with Crippen LogP contribution in [0.2, 0.25) is 0 Å². The first-order chi connectivity index (χ1) is 17.1. The van der Waals surface area contributed by atoms with Gasteiger partial charge in [0.15, 0.2) is 0 Å². The summed E-state index contributed by atoms with van der Waals surface area (Å²) < 4.78 is 5.74. The minimum absolute atomic E-state index is 0.0503. The van der Waals surface area contributed by atoms with E-state index in [1.807, 2.05) is 0 Å². The first kappa shape index (κ1) is 27.2. The van der Waals surface area contributed by atoms with Gasteiger partial charge in [0.05, 0.1) is 11.5 Å². The van der Waals surface area contributed by atoms with Gasteiger partial charge in [-0.3, -0.25) is 9.59 Å². The highest BCUT2D eigenvalue weighted by Crippen LogP contribution is 2.77. The lowest BCUT2D eigenvalue weighted by Crippen LogP contribution is -2.69. The molecule has 5 nitrogen and oxygen atoms in total. The van der Waals surface area contributed by atoms with Crippen molar-refractivity contribution in [1.82, 2.24) is 0 Å². The van der Waals surface area contributed by atoms with E-state index < -0.39 is 23.6 Å². The monoisotopic (exact) mass is 514 g/mol. The Balaban J connectivity index is 1.54. The zero-order valence-electron chi connectivity index (χ0n) is 24.2. The van der Waals surface area contributed by atoms with E-state index in [9.17, 15) is 19.8 Å². The smallest absolute Gasteiger partial charge is 0.309 e. The summed E-state index contributed by atoms with van der Waals surface area (Å²) in [6, 6.07) is 0. The number of hydrogen-bond donors (Lipinski definition) is 2. The van der Waals surface area contributed by atoms with Gasteiger partial charge in [-0.15, -0.1) is 0 Å². The number of carbonyl (C=O) groups is 2. The lowest BCUT2D eigenvalue weighted by atomic mass is 9.32. The van der Waals surface area contributed by atoms with E-state index in [1.54, 1.807) is 0 Å². The Hall–Kier alpha value is -1.36. The van der Waals surface area contributed by atoms with Crippen molar-refractivity contribution in [3.05, 3.63) is 12.2 Å². The van der Waals surface area contributed by atoms with Gasteiger partial charge < -0.3 is 14.9 Å². The molecular weight excluding hydrogens is 464 g/mol. The van der Waals surface area contributed by atoms with Gasteiger partial charge in [0.25, 0.3) is 0 Å². The molecule has 0 bridgehead atoms. The molecule has 5 fully saturated rings. The van der Waals surface area contributed by atoms with Crippen LogP contribution in [0.1, 0.15) is 106 Å². The molecule has 5 heteroatoms. The van der Waals surface area contributed by atoms with E-state index in [4.69, 9.17) is 4.74 Å². The molecule has 0 aromatic rings. The lowest BCUT2D eigenvalue weighted by Gasteiger charge is -2.73. The molecule has 0 heterocycles. The van der Waals surface area contributed by atoms with Gasteiger partial charge in [-0.1, -0.05) is 46.8 Å². The summed E-state index contributed by atoms with van der Waals surface area (Å²) in [5.74, 6) is 0.774. The van der Waals surface area contributed by atoms with Crippen molar-refractivity contribution in [2.75, 3.05) is 0 Å². The fraction of sp³-hybridized carbons (Fsp3) is 0.875. The van der Waals surface area contributed by atoms with E-state index in [1.165, 1.54) is 6.92 Å². The van der Waals surface area contributed by atoms with Gasteiger partial charge in [0.1, 0.15) is 6.10 Å². The highest BCUT2D eigenvalue weighted by Gasteiger charge is 2.72. The predicted molar refractivity (Wildman–Crippen MR) is 144 cm³/mol. The molecule has 0 aromatic heterocycles. The van der Waals surface area contributed by atoms with Crippen molar-refractivity contribution in [3.63, 3.8) is 0 Å². The van der Waals surface area contributed by atoms with Gasteiger partial charge in [-0.05, 0) is 111 Å². The number of fused-ring (bicyclic) bond motifs is 7. The average Bonchev–Trinajstić information content (AvgIpc) is 3.18. The molecule has 0 unspecified atom stereocenters. The van der Waals surface area contributed by atoms with Crippen LogP contribution in [0.4, 0.5) is 0 Å². The zero-order valence-corrected chi connectivity index (χ0v) is 24.2. The summed E-state index contributed by atoms with van der Waals surface area (Å²) in [4.78, 5) is 24.7. The molecule has 208 valence electrons. The highest BCUT2D eigenvalue weighted by atomic mass is 16.6. The Labute approximate surface area is 223 Å². The molecule has 5 aliphatic rings. The second-order valence-corrected chi connectivity index (χ2v) is 15.3. The van der Waals surface area contributed by atoms with Gasteiger partial charge in [0, 0.05) is 12.3 Å². The molecule has 0 aliphatic heterocycles. The Morgan fingerprint density at radius 3 is 2.14 bits per heavy atom. The van der Waals surface area contributed by atoms with Crippen molar-refractivity contribution in [2.24, 2.45) is 56.7 Å². The number of aliphatic hydroxyl groups excluding tert-OH is 1. The standard InChI is InChI=1S/C32H50O5/c1-18(2)20-11-14-32(27(35)36)16-15-30(7)21(25(20)32)9-10-24-29(6)17-22(34)26(37-19(3)33)28(4,5)23(29)12-13-31(24,30)8/h20-26,34H,1,9-17H2,2-8H3,(H,35,36)/t20-,21+,22+,23-,24+,25+,26-,29-,30+,31+,32-/m0/s1. The normalized spacial score (nSPS) is 52.2. The summed E-state index contributed by atoms with van der Waals surface area (Å²) in [5.41, 5.74) is 0.349. The van der Waals surface area contributed by atoms with Crippen LogP contribution in [0.5, 0.6) is 0 Å². The third kappa shape index (κ3) is 3.37. The average molecular weight is 515 g/mol. The Kier molecular flexibility index (Phi) is 6.12. The minimum Gasteiger partial charge on any atom is -0.481 e. The number of allylic oxidation sites excluding steroid dienone is 1. The van der Waals surface area contributed by atoms with Gasteiger partial charge in [-0.2, -0.15) is 0 Å². The fourth-order valence-electron chi connectivity index (χ4n) is 12.0. The molecule has 11 atom stereocenters. The Morgan fingerprint density at radius 2 is 1.54 bits per heavy atom. The number of hydrogen-bond acceptors (Lipinski definition) is 4. The van der Waals surface area contributed by atoms with Crippen LogP contribution in [0.15, 0.2) is 12.2 Å². The van der Waals surface area contributed by atoms with Gasteiger partial charge in [-0.25, -0.2) is 0 Å². The fourth-order valence-corrected chi connectivity index (χ4v) is 12.0. The topological polar surface area (TPSA) is 83.8 Å². The van der Waals surface area contributed by atoms with Gasteiger partial charge >= 0.3 is 11.9 Å². The SMILES string of the molecule is C=C(C)[C@@H]1CC[C@]2(C(=O)O)CC[C@]3(C)[C@H](CC[C@@H]4[C@@]5(C)C[C@@H](O)[C@H](OC(C)=O)C(C)(C)[C@@H]5CC[C@]43C)[C@@H]12. The first-order valence-electron chi connectivity index (χ1n) is 14.8. The third-order valence-corrected chi connectivity index (χ3v) is 13.7. The molecule has 0 saturated heterocycles. The summed E-state index contributed by atoms with van der Waals surface area (Å²) >= 11 is 0. The Bertz CT molecular complexity index is 1000. The molecule has 0 spiro atoms. The molecule has 0 aromatic carbocycles. The van der Waals surface area contributed by atoms with E-state index in [0.717, 1.165) is 56.9 Å². The molecule has 5 rings (SSSR count). The summed E-state index contributed by atoms with van der Waals surface area (Å²) in [5, 5.41) is 21.9. The minimum atomic E-state index is -0.665. The largest absolute Gasteiger partial charge is 0.481 e. The number of carbonyl (C=O) groups excluding carboxylic acids is 1. The second kappa shape index (κ2) is 8.32. The van der Waals surface area contributed by atoms with E-state index in [2.05, 4.69) is 48.1 Å². The molecule has 5 aliphatic carbocycles. The number of carboxylic acids is 1. The molecule has 0 radical (unpaired) electrons. The van der Waals surface area contributed by atoms with Crippen LogP contribution in [0.25, 0.3) is 0 Å². The maximum Gasteiger partial charge on any atom is 0.309 e. The molecule has 0 amide bonds. The number of aliphatic hydroxyl groups is 1. The first-order valence-corrected chi connectivity index (χ1v) is 14.8. The number of ether oxygens (including phenoxy) is 1. The number of rotatable bonds is 3. The van der Waals surface area contributed by atoms with Crippen molar-refractivity contribution >= 4 is 11.9 Å². The molecule has 37 heavy (non-hydrogen) atoms. The third-order valence-electron chi connectivity index (χ3n) is 13.7. The lowest BCUT2D eigenvalue weighted by molar-refractivity contribution is -0.266. The van der Waals surface area contributed by atoms with E-state index in [-0.39, 0.29) is 33.5 Å². The van der Waals surface area contributed by atoms with E-state index in [0.29, 0.717) is 30.1 Å².